The summed E-state index contributed by atoms with van der Waals surface area (Å²) in [6.07, 6.45) is -0.983. The van der Waals surface area contributed by atoms with Crippen molar-refractivity contribution in [1.82, 2.24) is 15.1 Å². The number of rotatable bonds is 6. The van der Waals surface area contributed by atoms with Crippen LogP contribution in [-0.4, -0.2) is 41.2 Å². The SMILES string of the molecule is C[C@H](COCC(F)(F)F)NC(=O)Nc1cccc(-n2cccn2)c1. The lowest BCUT2D eigenvalue weighted by Crippen LogP contribution is -2.39. The second-order valence-electron chi connectivity index (χ2n) is 5.13. The molecule has 1 aromatic carbocycles. The molecule has 0 unspecified atom stereocenters. The van der Waals surface area contributed by atoms with Crippen molar-refractivity contribution in [2.75, 3.05) is 18.5 Å². The average molecular weight is 342 g/mol. The molecule has 0 fully saturated rings. The van der Waals surface area contributed by atoms with Gasteiger partial charge in [-0.2, -0.15) is 18.3 Å². The van der Waals surface area contributed by atoms with Gasteiger partial charge < -0.3 is 15.4 Å². The molecule has 24 heavy (non-hydrogen) atoms. The zero-order chi connectivity index (χ0) is 17.6. The number of hydrogen-bond acceptors (Lipinski definition) is 3. The Hall–Kier alpha value is -2.55. The van der Waals surface area contributed by atoms with E-state index in [4.69, 9.17) is 0 Å². The Balaban J connectivity index is 1.83. The largest absolute Gasteiger partial charge is 0.411 e. The van der Waals surface area contributed by atoms with E-state index in [1.165, 1.54) is 0 Å². The Morgan fingerprint density at radius 1 is 1.38 bits per heavy atom. The van der Waals surface area contributed by atoms with Crippen molar-refractivity contribution >= 4 is 11.7 Å². The number of aromatic nitrogens is 2. The molecule has 0 saturated carbocycles. The van der Waals surface area contributed by atoms with Gasteiger partial charge in [-0.25, -0.2) is 9.48 Å². The molecular formula is C15H17F3N4O2. The lowest BCUT2D eigenvalue weighted by molar-refractivity contribution is -0.174. The molecule has 2 rings (SSSR count). The molecule has 0 aliphatic rings. The van der Waals surface area contributed by atoms with Crippen molar-refractivity contribution in [1.29, 1.82) is 0 Å². The molecule has 2 amide bonds. The van der Waals surface area contributed by atoms with Gasteiger partial charge in [0.05, 0.1) is 18.3 Å². The van der Waals surface area contributed by atoms with Gasteiger partial charge in [-0.05, 0) is 31.2 Å². The number of halogens is 3. The fourth-order valence-electron chi connectivity index (χ4n) is 1.93. The summed E-state index contributed by atoms with van der Waals surface area (Å²) in [6, 6.07) is 7.66. The van der Waals surface area contributed by atoms with Gasteiger partial charge in [0.1, 0.15) is 6.61 Å². The third-order valence-electron chi connectivity index (χ3n) is 2.88. The fraction of sp³-hybridized carbons (Fsp3) is 0.333. The summed E-state index contributed by atoms with van der Waals surface area (Å²) in [4.78, 5) is 11.9. The van der Waals surface area contributed by atoms with Crippen molar-refractivity contribution in [3.63, 3.8) is 0 Å². The Labute approximate surface area is 136 Å². The minimum atomic E-state index is -4.38. The molecule has 0 aliphatic heterocycles. The van der Waals surface area contributed by atoms with E-state index in [-0.39, 0.29) is 6.61 Å². The van der Waals surface area contributed by atoms with Crippen molar-refractivity contribution in [2.24, 2.45) is 0 Å². The maximum absolute atomic E-state index is 12.0. The van der Waals surface area contributed by atoms with Crippen LogP contribution in [0.5, 0.6) is 0 Å². The number of benzene rings is 1. The van der Waals surface area contributed by atoms with Gasteiger partial charge in [0.15, 0.2) is 0 Å². The molecular weight excluding hydrogens is 325 g/mol. The van der Waals surface area contributed by atoms with Crippen LogP contribution >= 0.6 is 0 Å². The first-order valence-electron chi connectivity index (χ1n) is 7.15. The smallest absolute Gasteiger partial charge is 0.370 e. The second kappa shape index (κ2) is 7.82. The van der Waals surface area contributed by atoms with Crippen LogP contribution in [0, 0.1) is 0 Å². The number of nitrogens with one attached hydrogen (secondary N) is 2. The fourth-order valence-corrected chi connectivity index (χ4v) is 1.93. The van der Waals surface area contributed by atoms with Gasteiger partial charge in [-0.15, -0.1) is 0 Å². The van der Waals surface area contributed by atoms with Crippen molar-refractivity contribution in [3.05, 3.63) is 42.7 Å². The van der Waals surface area contributed by atoms with E-state index < -0.39 is 24.9 Å². The predicted octanol–water partition coefficient (Wildman–Crippen LogP) is 2.96. The van der Waals surface area contributed by atoms with E-state index in [1.807, 2.05) is 6.07 Å². The number of ether oxygens (including phenoxy) is 1. The highest BCUT2D eigenvalue weighted by molar-refractivity contribution is 5.89. The molecule has 0 radical (unpaired) electrons. The third kappa shape index (κ3) is 5.92. The maximum atomic E-state index is 12.0. The molecule has 1 heterocycles. The van der Waals surface area contributed by atoms with Crippen molar-refractivity contribution in [2.45, 2.75) is 19.1 Å². The zero-order valence-electron chi connectivity index (χ0n) is 12.9. The van der Waals surface area contributed by atoms with E-state index in [0.717, 1.165) is 5.69 Å². The van der Waals surface area contributed by atoms with Crippen LogP contribution in [-0.2, 0) is 4.74 Å². The van der Waals surface area contributed by atoms with Gasteiger partial charge in [0, 0.05) is 18.1 Å². The Morgan fingerprint density at radius 3 is 2.83 bits per heavy atom. The summed E-state index contributed by atoms with van der Waals surface area (Å²) < 4.78 is 42.1. The summed E-state index contributed by atoms with van der Waals surface area (Å²) in [5.74, 6) is 0. The van der Waals surface area contributed by atoms with E-state index in [2.05, 4.69) is 20.5 Å². The number of amides is 2. The highest BCUT2D eigenvalue weighted by Crippen LogP contribution is 2.15. The minimum absolute atomic E-state index is 0.236. The van der Waals surface area contributed by atoms with Gasteiger partial charge >= 0.3 is 12.2 Å². The molecule has 0 spiro atoms. The van der Waals surface area contributed by atoms with Gasteiger partial charge in [-0.1, -0.05) is 6.07 Å². The summed E-state index contributed by atoms with van der Waals surface area (Å²) in [5.41, 5.74) is 1.29. The lowest BCUT2D eigenvalue weighted by Gasteiger charge is -2.16. The quantitative estimate of drug-likeness (QED) is 0.848. The number of nitrogens with zero attached hydrogens (tertiary/aromatic N) is 2. The monoisotopic (exact) mass is 342 g/mol. The number of anilines is 1. The zero-order valence-corrected chi connectivity index (χ0v) is 12.9. The second-order valence-corrected chi connectivity index (χ2v) is 5.13. The summed E-state index contributed by atoms with van der Waals surface area (Å²) in [7, 11) is 0. The molecule has 1 aromatic heterocycles. The highest BCUT2D eigenvalue weighted by atomic mass is 19.4. The first-order chi connectivity index (χ1) is 11.3. The summed E-state index contributed by atoms with van der Waals surface area (Å²) in [6.45, 7) is -0.0249. The van der Waals surface area contributed by atoms with Crippen LogP contribution in [0.4, 0.5) is 23.7 Å². The van der Waals surface area contributed by atoms with Crippen molar-refractivity contribution < 1.29 is 22.7 Å². The molecule has 9 heteroatoms. The van der Waals surface area contributed by atoms with Crippen LogP contribution in [0.15, 0.2) is 42.7 Å². The van der Waals surface area contributed by atoms with Gasteiger partial charge in [0.2, 0.25) is 0 Å². The van der Waals surface area contributed by atoms with Crippen LogP contribution in [0.2, 0.25) is 0 Å². The van der Waals surface area contributed by atoms with E-state index >= 15 is 0 Å². The van der Waals surface area contributed by atoms with Crippen LogP contribution in [0.3, 0.4) is 0 Å². The van der Waals surface area contributed by atoms with Gasteiger partial charge in [0.25, 0.3) is 0 Å². The number of alkyl halides is 3. The molecule has 0 aliphatic carbocycles. The molecule has 6 nitrogen and oxygen atoms in total. The Morgan fingerprint density at radius 2 is 2.17 bits per heavy atom. The predicted molar refractivity (Wildman–Crippen MR) is 82.1 cm³/mol. The Bertz CT molecular complexity index is 659. The number of carbonyl (C=O) groups excluding carboxylic acids is 1. The average Bonchev–Trinajstić information content (AvgIpc) is 3.00. The lowest BCUT2D eigenvalue weighted by atomic mass is 10.3. The molecule has 2 aromatic rings. The number of urea groups is 1. The van der Waals surface area contributed by atoms with E-state index in [1.54, 1.807) is 48.3 Å². The number of hydrogen-bond donors (Lipinski definition) is 2. The molecule has 0 bridgehead atoms. The highest BCUT2D eigenvalue weighted by Gasteiger charge is 2.27. The molecule has 1 atom stereocenters. The van der Waals surface area contributed by atoms with Crippen LogP contribution in [0.1, 0.15) is 6.92 Å². The minimum Gasteiger partial charge on any atom is -0.370 e. The Kier molecular flexibility index (Phi) is 5.80. The van der Waals surface area contributed by atoms with Crippen LogP contribution < -0.4 is 10.6 Å². The normalized spacial score (nSPS) is 12.7. The van der Waals surface area contributed by atoms with E-state index in [0.29, 0.717) is 5.69 Å². The summed E-state index contributed by atoms with van der Waals surface area (Å²) >= 11 is 0. The molecule has 0 saturated heterocycles. The standard InChI is InChI=1S/C15H17F3N4O2/c1-11(9-24-10-15(16,17)18)20-14(23)21-12-4-2-5-13(8-12)22-7-3-6-19-22/h2-8,11H,9-10H2,1H3,(H2,20,21,23)/t11-/m1/s1. The third-order valence-corrected chi connectivity index (χ3v) is 2.88. The van der Waals surface area contributed by atoms with E-state index in [9.17, 15) is 18.0 Å². The van der Waals surface area contributed by atoms with Gasteiger partial charge in [-0.3, -0.25) is 0 Å². The number of carbonyl (C=O) groups is 1. The first-order valence-corrected chi connectivity index (χ1v) is 7.15. The topological polar surface area (TPSA) is 68.2 Å². The molecule has 130 valence electrons. The molecule has 2 N–H and O–H groups in total. The van der Waals surface area contributed by atoms with Crippen molar-refractivity contribution in [3.8, 4) is 5.69 Å². The first kappa shape index (κ1) is 17.8. The summed E-state index contributed by atoms with van der Waals surface area (Å²) in [5, 5.41) is 9.21. The maximum Gasteiger partial charge on any atom is 0.411 e. The van der Waals surface area contributed by atoms with Crippen LogP contribution in [0.25, 0.3) is 5.69 Å².